The van der Waals surface area contributed by atoms with Crippen LogP contribution in [0.2, 0.25) is 5.02 Å². The maximum atomic E-state index is 12.3. The van der Waals surface area contributed by atoms with Gasteiger partial charge in [-0.25, -0.2) is 0 Å². The van der Waals surface area contributed by atoms with Gasteiger partial charge >= 0.3 is 0 Å². The number of hydrogen-bond acceptors (Lipinski definition) is 3. The molecule has 0 aliphatic carbocycles. The predicted octanol–water partition coefficient (Wildman–Crippen LogP) is 2.01. The van der Waals surface area contributed by atoms with Crippen LogP contribution in [0.3, 0.4) is 0 Å². The molecule has 1 amide bonds. The Hall–Kier alpha value is -2.24. The van der Waals surface area contributed by atoms with Crippen molar-refractivity contribution in [1.29, 1.82) is 0 Å². The molecule has 0 aliphatic heterocycles. The average Bonchev–Trinajstić information content (AvgIpc) is 2.55. The van der Waals surface area contributed by atoms with E-state index in [1.807, 2.05) is 31.3 Å². The Bertz CT molecular complexity index is 706. The SMILES string of the molecule is COc1cccc(C[NH+](C)CC(=O)Nc2cc(Cl)ccc2OC)c1. The topological polar surface area (TPSA) is 52.0 Å². The van der Waals surface area contributed by atoms with Crippen LogP contribution in [-0.2, 0) is 11.3 Å². The van der Waals surface area contributed by atoms with Crippen LogP contribution in [0.4, 0.5) is 5.69 Å². The fraction of sp³-hybridized carbons (Fsp3) is 0.278. The molecule has 0 aliphatic rings. The van der Waals surface area contributed by atoms with Crippen LogP contribution in [0.5, 0.6) is 11.5 Å². The van der Waals surface area contributed by atoms with E-state index in [1.54, 1.807) is 32.4 Å². The molecular weight excluding hydrogens is 328 g/mol. The number of amides is 1. The predicted molar refractivity (Wildman–Crippen MR) is 95.1 cm³/mol. The number of hydrogen-bond donors (Lipinski definition) is 2. The normalized spacial score (nSPS) is 11.7. The Balaban J connectivity index is 1.95. The van der Waals surface area contributed by atoms with Crippen molar-refractivity contribution in [3.63, 3.8) is 0 Å². The molecule has 0 saturated heterocycles. The third-order valence-corrected chi connectivity index (χ3v) is 3.77. The molecule has 0 spiro atoms. The minimum Gasteiger partial charge on any atom is -0.497 e. The monoisotopic (exact) mass is 349 g/mol. The summed E-state index contributed by atoms with van der Waals surface area (Å²) in [6, 6.07) is 13.0. The lowest BCUT2D eigenvalue weighted by molar-refractivity contribution is -0.885. The third-order valence-electron chi connectivity index (χ3n) is 3.54. The standard InChI is InChI=1S/C18H21ClN2O3/c1-21(11-13-5-4-6-15(9-13)23-2)12-18(22)20-16-10-14(19)7-8-17(16)24-3/h4-10H,11-12H2,1-3H3,(H,20,22)/p+1. The van der Waals surface area contributed by atoms with Crippen LogP contribution in [0.15, 0.2) is 42.5 Å². The van der Waals surface area contributed by atoms with Gasteiger partial charge in [0.2, 0.25) is 0 Å². The maximum absolute atomic E-state index is 12.3. The number of nitrogens with one attached hydrogen (secondary N) is 2. The van der Waals surface area contributed by atoms with E-state index in [9.17, 15) is 4.79 Å². The highest BCUT2D eigenvalue weighted by Gasteiger charge is 2.13. The van der Waals surface area contributed by atoms with Crippen molar-refractivity contribution in [1.82, 2.24) is 0 Å². The fourth-order valence-electron chi connectivity index (χ4n) is 2.44. The summed E-state index contributed by atoms with van der Waals surface area (Å²) < 4.78 is 10.5. The van der Waals surface area contributed by atoms with Crippen LogP contribution >= 0.6 is 11.6 Å². The first-order chi connectivity index (χ1) is 11.5. The van der Waals surface area contributed by atoms with Gasteiger partial charge in [-0.2, -0.15) is 0 Å². The first kappa shape index (κ1) is 18.1. The van der Waals surface area contributed by atoms with Gasteiger partial charge in [-0.15, -0.1) is 0 Å². The van der Waals surface area contributed by atoms with Gasteiger partial charge in [0.15, 0.2) is 6.54 Å². The number of halogens is 1. The van der Waals surface area contributed by atoms with Crippen LogP contribution in [-0.4, -0.2) is 33.7 Å². The van der Waals surface area contributed by atoms with E-state index in [4.69, 9.17) is 21.1 Å². The van der Waals surface area contributed by atoms with E-state index < -0.39 is 0 Å². The Morgan fingerprint density at radius 3 is 2.67 bits per heavy atom. The van der Waals surface area contributed by atoms with Crippen LogP contribution in [0.1, 0.15) is 5.56 Å². The van der Waals surface area contributed by atoms with Gasteiger partial charge in [-0.3, -0.25) is 4.79 Å². The summed E-state index contributed by atoms with van der Waals surface area (Å²) in [4.78, 5) is 13.3. The fourth-order valence-corrected chi connectivity index (χ4v) is 2.61. The number of ether oxygens (including phenoxy) is 2. The number of rotatable bonds is 7. The van der Waals surface area contributed by atoms with Crippen molar-refractivity contribution < 1.29 is 19.2 Å². The molecule has 2 N–H and O–H groups in total. The second kappa shape index (κ2) is 8.57. The Kier molecular flexibility index (Phi) is 6.46. The van der Waals surface area contributed by atoms with Gasteiger partial charge in [0.05, 0.1) is 27.0 Å². The number of benzene rings is 2. The van der Waals surface area contributed by atoms with Gasteiger partial charge in [0.25, 0.3) is 5.91 Å². The van der Waals surface area contributed by atoms with E-state index in [1.165, 1.54) is 0 Å². The van der Waals surface area contributed by atoms with Crippen LogP contribution in [0.25, 0.3) is 0 Å². The lowest BCUT2D eigenvalue weighted by Gasteiger charge is -2.15. The van der Waals surface area contributed by atoms with E-state index in [2.05, 4.69) is 5.32 Å². The molecule has 24 heavy (non-hydrogen) atoms. The molecule has 2 aromatic carbocycles. The number of anilines is 1. The summed E-state index contributed by atoms with van der Waals surface area (Å²) >= 11 is 5.97. The van der Waals surface area contributed by atoms with E-state index in [0.29, 0.717) is 23.0 Å². The van der Waals surface area contributed by atoms with Gasteiger partial charge in [0.1, 0.15) is 18.0 Å². The highest BCUT2D eigenvalue weighted by atomic mass is 35.5. The van der Waals surface area contributed by atoms with Crippen LogP contribution < -0.4 is 19.7 Å². The molecule has 1 unspecified atom stereocenters. The first-order valence-corrected chi connectivity index (χ1v) is 7.97. The molecule has 0 fully saturated rings. The zero-order valence-corrected chi connectivity index (χ0v) is 14.8. The number of likely N-dealkylation sites (N-methyl/N-ethyl adjacent to an activating group) is 1. The minimum absolute atomic E-state index is 0.101. The summed E-state index contributed by atoms with van der Waals surface area (Å²) in [6.07, 6.45) is 0. The molecule has 0 heterocycles. The molecule has 2 rings (SSSR count). The number of carbonyl (C=O) groups is 1. The summed E-state index contributed by atoms with van der Waals surface area (Å²) in [7, 11) is 5.16. The maximum Gasteiger partial charge on any atom is 0.279 e. The zero-order chi connectivity index (χ0) is 17.5. The summed E-state index contributed by atoms with van der Waals surface area (Å²) in [5, 5.41) is 3.39. The second-order valence-corrected chi connectivity index (χ2v) is 5.99. The van der Waals surface area contributed by atoms with E-state index >= 15 is 0 Å². The molecule has 6 heteroatoms. The van der Waals surface area contributed by atoms with Crippen molar-refractivity contribution in [2.45, 2.75) is 6.54 Å². The second-order valence-electron chi connectivity index (χ2n) is 5.55. The molecule has 128 valence electrons. The van der Waals surface area contributed by atoms with Crippen molar-refractivity contribution >= 4 is 23.2 Å². The molecular formula is C18H22ClN2O3+. The van der Waals surface area contributed by atoms with Gasteiger partial charge in [-0.1, -0.05) is 23.7 Å². The molecule has 0 bridgehead atoms. The molecule has 5 nitrogen and oxygen atoms in total. The molecule has 0 aromatic heterocycles. The highest BCUT2D eigenvalue weighted by molar-refractivity contribution is 6.31. The number of quaternary nitrogens is 1. The first-order valence-electron chi connectivity index (χ1n) is 7.59. The Morgan fingerprint density at radius 1 is 1.17 bits per heavy atom. The lowest BCUT2D eigenvalue weighted by atomic mass is 10.2. The Labute approximate surface area is 147 Å². The minimum atomic E-state index is -0.101. The summed E-state index contributed by atoms with van der Waals surface area (Å²) in [5.74, 6) is 1.29. The van der Waals surface area contributed by atoms with Gasteiger partial charge in [-0.05, 0) is 30.3 Å². The zero-order valence-electron chi connectivity index (χ0n) is 14.1. The molecule has 0 saturated carbocycles. The van der Waals surface area contributed by atoms with Gasteiger partial charge < -0.3 is 19.7 Å². The summed E-state index contributed by atoms with van der Waals surface area (Å²) in [5.41, 5.74) is 1.68. The van der Waals surface area contributed by atoms with Gasteiger partial charge in [0, 0.05) is 10.6 Å². The quantitative estimate of drug-likeness (QED) is 0.804. The van der Waals surface area contributed by atoms with Crippen molar-refractivity contribution in [3.05, 3.63) is 53.1 Å². The molecule has 2 aromatic rings. The third kappa shape index (κ3) is 5.15. The largest absolute Gasteiger partial charge is 0.497 e. The van der Waals surface area contributed by atoms with Crippen molar-refractivity contribution in [2.24, 2.45) is 0 Å². The smallest absolute Gasteiger partial charge is 0.279 e. The van der Waals surface area contributed by atoms with E-state index in [-0.39, 0.29) is 5.91 Å². The number of methoxy groups -OCH3 is 2. The van der Waals surface area contributed by atoms with Crippen LogP contribution in [0, 0.1) is 0 Å². The molecule has 1 atom stereocenters. The van der Waals surface area contributed by atoms with E-state index in [0.717, 1.165) is 22.8 Å². The summed E-state index contributed by atoms with van der Waals surface area (Å²) in [6.45, 7) is 1.05. The molecule has 0 radical (unpaired) electrons. The van der Waals surface area contributed by atoms with Crippen molar-refractivity contribution in [3.8, 4) is 11.5 Å². The number of carbonyl (C=O) groups excluding carboxylic acids is 1. The lowest BCUT2D eigenvalue weighted by Crippen LogP contribution is -3.08. The van der Waals surface area contributed by atoms with Crippen molar-refractivity contribution in [2.75, 3.05) is 33.1 Å². The Morgan fingerprint density at radius 2 is 1.96 bits per heavy atom. The average molecular weight is 350 g/mol. The highest BCUT2D eigenvalue weighted by Crippen LogP contribution is 2.27.